The van der Waals surface area contributed by atoms with Crippen molar-refractivity contribution in [2.45, 2.75) is 19.0 Å². The Morgan fingerprint density at radius 2 is 1.80 bits per heavy atom. The van der Waals surface area contributed by atoms with Crippen LogP contribution in [0.4, 0.5) is 13.2 Å². The van der Waals surface area contributed by atoms with Gasteiger partial charge in [0.1, 0.15) is 6.17 Å². The molecule has 0 aliphatic carbocycles. The van der Waals surface area contributed by atoms with Crippen molar-refractivity contribution in [2.75, 3.05) is 0 Å². The van der Waals surface area contributed by atoms with E-state index < -0.39 is 12.6 Å². The van der Waals surface area contributed by atoms with Crippen molar-refractivity contribution in [3.63, 3.8) is 0 Å². The molecular weight excluding hydrogens is 141 g/mol. The summed E-state index contributed by atoms with van der Waals surface area (Å²) in [5, 5.41) is 0. The fraction of sp³-hybridized carbons (Fsp3) is 0.429. The van der Waals surface area contributed by atoms with Crippen LogP contribution in [0.15, 0.2) is 24.8 Å². The van der Waals surface area contributed by atoms with E-state index in [9.17, 15) is 13.2 Å². The third-order valence-electron chi connectivity index (χ3n) is 0.857. The molecular formula is C7H9F3. The van der Waals surface area contributed by atoms with Crippen LogP contribution < -0.4 is 0 Å². The number of hydrogen-bond acceptors (Lipinski definition) is 0. The number of halogens is 3. The largest absolute Gasteiger partial charge is 0.257 e. The summed E-state index contributed by atoms with van der Waals surface area (Å²) in [5.41, 5.74) is 0. The molecule has 0 rings (SSSR count). The first-order chi connectivity index (χ1) is 4.66. The lowest BCUT2D eigenvalue weighted by atomic mass is 10.2. The van der Waals surface area contributed by atoms with Crippen molar-refractivity contribution >= 4 is 0 Å². The van der Waals surface area contributed by atoms with Crippen molar-refractivity contribution in [3.05, 3.63) is 24.8 Å². The van der Waals surface area contributed by atoms with Gasteiger partial charge < -0.3 is 0 Å². The van der Waals surface area contributed by atoms with Crippen LogP contribution in [0, 0.1) is 0 Å². The summed E-state index contributed by atoms with van der Waals surface area (Å²) in [6.45, 7) is 3.27. The molecule has 10 heavy (non-hydrogen) atoms. The summed E-state index contributed by atoms with van der Waals surface area (Å²) < 4.78 is 35.0. The molecule has 0 heterocycles. The van der Waals surface area contributed by atoms with E-state index in [1.807, 2.05) is 0 Å². The summed E-state index contributed by atoms with van der Waals surface area (Å²) in [7, 11) is 0. The molecule has 0 aromatic heterocycles. The lowest BCUT2D eigenvalue weighted by Gasteiger charge is -1.95. The highest BCUT2D eigenvalue weighted by Gasteiger charge is 1.99. The smallest absolute Gasteiger partial charge is 0.243 e. The van der Waals surface area contributed by atoms with E-state index in [2.05, 4.69) is 6.58 Å². The first kappa shape index (κ1) is 9.27. The van der Waals surface area contributed by atoms with Gasteiger partial charge in [0, 0.05) is 0 Å². The summed E-state index contributed by atoms with van der Waals surface area (Å²) in [6, 6.07) is 0. The van der Waals surface area contributed by atoms with Crippen molar-refractivity contribution in [3.8, 4) is 0 Å². The van der Waals surface area contributed by atoms with E-state index >= 15 is 0 Å². The fourth-order valence-electron chi connectivity index (χ4n) is 0.442. The second kappa shape index (κ2) is 5.09. The summed E-state index contributed by atoms with van der Waals surface area (Å²) in [6.07, 6.45) is -1.08. The highest BCUT2D eigenvalue weighted by atomic mass is 19.3. The highest BCUT2D eigenvalue weighted by molar-refractivity contribution is 4.93. The second-order valence-corrected chi connectivity index (χ2v) is 1.76. The van der Waals surface area contributed by atoms with Gasteiger partial charge in [-0.15, -0.1) is 6.58 Å². The highest BCUT2D eigenvalue weighted by Crippen LogP contribution is 2.02. The van der Waals surface area contributed by atoms with Gasteiger partial charge in [0.25, 0.3) is 6.43 Å². The molecule has 0 saturated carbocycles. The van der Waals surface area contributed by atoms with Crippen LogP contribution in [-0.2, 0) is 0 Å². The Morgan fingerprint density at radius 1 is 1.20 bits per heavy atom. The molecule has 0 bridgehead atoms. The van der Waals surface area contributed by atoms with Crippen molar-refractivity contribution < 1.29 is 13.2 Å². The van der Waals surface area contributed by atoms with Crippen molar-refractivity contribution in [2.24, 2.45) is 0 Å². The molecule has 0 aliphatic heterocycles. The zero-order valence-corrected chi connectivity index (χ0v) is 5.43. The predicted octanol–water partition coefficient (Wildman–Crippen LogP) is 2.72. The number of allylic oxidation sites excluding steroid dienone is 3. The molecule has 1 atom stereocenters. The van der Waals surface area contributed by atoms with Crippen molar-refractivity contribution in [1.82, 2.24) is 0 Å². The molecule has 0 N–H and O–H groups in total. The van der Waals surface area contributed by atoms with Gasteiger partial charge in [0.15, 0.2) is 0 Å². The SMILES string of the molecule is C=CCC(F)C=CC(F)F. The maximum atomic E-state index is 12.3. The Bertz CT molecular complexity index is 118. The monoisotopic (exact) mass is 150 g/mol. The quantitative estimate of drug-likeness (QED) is 0.540. The molecule has 0 amide bonds. The Hall–Kier alpha value is -0.730. The molecule has 0 saturated heterocycles. The Labute approximate surface area is 58.0 Å². The molecule has 0 aliphatic rings. The summed E-state index contributed by atoms with van der Waals surface area (Å²) in [4.78, 5) is 0. The van der Waals surface area contributed by atoms with Crippen LogP contribution in [0.25, 0.3) is 0 Å². The third kappa shape index (κ3) is 5.41. The first-order valence-electron chi connectivity index (χ1n) is 2.88. The fourth-order valence-corrected chi connectivity index (χ4v) is 0.442. The van der Waals surface area contributed by atoms with Crippen LogP contribution in [0.3, 0.4) is 0 Å². The van der Waals surface area contributed by atoms with Gasteiger partial charge in [0.2, 0.25) is 0 Å². The van der Waals surface area contributed by atoms with Gasteiger partial charge >= 0.3 is 0 Å². The molecule has 0 aromatic rings. The lowest BCUT2D eigenvalue weighted by Crippen LogP contribution is -1.93. The van der Waals surface area contributed by atoms with Gasteiger partial charge in [-0.3, -0.25) is 0 Å². The van der Waals surface area contributed by atoms with Gasteiger partial charge in [-0.05, 0) is 18.6 Å². The Balaban J connectivity index is 3.54. The van der Waals surface area contributed by atoms with Crippen LogP contribution in [0.2, 0.25) is 0 Å². The Kier molecular flexibility index (Phi) is 4.72. The maximum absolute atomic E-state index is 12.3. The maximum Gasteiger partial charge on any atom is 0.257 e. The minimum Gasteiger partial charge on any atom is -0.243 e. The first-order valence-corrected chi connectivity index (χ1v) is 2.88. The molecule has 3 heteroatoms. The van der Waals surface area contributed by atoms with Crippen LogP contribution in [0.1, 0.15) is 6.42 Å². The number of rotatable bonds is 4. The zero-order chi connectivity index (χ0) is 7.98. The molecule has 0 nitrogen and oxygen atoms in total. The average molecular weight is 150 g/mol. The molecule has 1 unspecified atom stereocenters. The second-order valence-electron chi connectivity index (χ2n) is 1.76. The normalized spacial score (nSPS) is 14.4. The van der Waals surface area contributed by atoms with Gasteiger partial charge in [0.05, 0.1) is 0 Å². The van der Waals surface area contributed by atoms with Crippen LogP contribution in [-0.4, -0.2) is 12.6 Å². The topological polar surface area (TPSA) is 0 Å². The predicted molar refractivity (Wildman–Crippen MR) is 34.9 cm³/mol. The standard InChI is InChI=1S/C7H9F3/c1-2-3-6(8)4-5-7(9)10/h2,4-7H,1,3H2. The van der Waals surface area contributed by atoms with Gasteiger partial charge in [-0.25, -0.2) is 13.2 Å². The Morgan fingerprint density at radius 3 is 2.20 bits per heavy atom. The molecule has 0 spiro atoms. The lowest BCUT2D eigenvalue weighted by molar-refractivity contribution is 0.202. The zero-order valence-electron chi connectivity index (χ0n) is 5.43. The van der Waals surface area contributed by atoms with E-state index in [0.29, 0.717) is 6.08 Å². The van der Waals surface area contributed by atoms with Crippen molar-refractivity contribution in [1.29, 1.82) is 0 Å². The number of hydrogen-bond donors (Lipinski definition) is 0. The molecule has 58 valence electrons. The molecule has 0 aromatic carbocycles. The van der Waals surface area contributed by atoms with Crippen LogP contribution in [0.5, 0.6) is 0 Å². The van der Waals surface area contributed by atoms with E-state index in [-0.39, 0.29) is 6.42 Å². The molecule has 0 fully saturated rings. The van der Waals surface area contributed by atoms with E-state index in [1.54, 1.807) is 0 Å². The summed E-state index contributed by atoms with van der Waals surface area (Å²) in [5.74, 6) is 0. The van der Waals surface area contributed by atoms with Crippen LogP contribution >= 0.6 is 0 Å². The van der Waals surface area contributed by atoms with Gasteiger partial charge in [-0.2, -0.15) is 0 Å². The number of alkyl halides is 3. The minimum absolute atomic E-state index is 0.0865. The molecule has 0 radical (unpaired) electrons. The van der Waals surface area contributed by atoms with E-state index in [0.717, 1.165) is 6.08 Å². The third-order valence-corrected chi connectivity index (χ3v) is 0.857. The van der Waals surface area contributed by atoms with Gasteiger partial charge in [-0.1, -0.05) is 6.08 Å². The average Bonchev–Trinajstić information content (AvgIpc) is 1.85. The summed E-state index contributed by atoms with van der Waals surface area (Å²) >= 11 is 0. The van der Waals surface area contributed by atoms with E-state index in [1.165, 1.54) is 6.08 Å². The minimum atomic E-state index is -2.57. The van der Waals surface area contributed by atoms with E-state index in [4.69, 9.17) is 0 Å².